The van der Waals surface area contributed by atoms with Crippen LogP contribution in [0.5, 0.6) is 0 Å². The fourth-order valence-electron chi connectivity index (χ4n) is 3.24. The van der Waals surface area contributed by atoms with Crippen molar-refractivity contribution >= 4 is 22.5 Å². The third-order valence-corrected chi connectivity index (χ3v) is 4.61. The number of H-pyrrole nitrogens is 1. The Morgan fingerprint density at radius 3 is 3.00 bits per heavy atom. The van der Waals surface area contributed by atoms with Crippen molar-refractivity contribution in [2.24, 2.45) is 0 Å². The van der Waals surface area contributed by atoms with Crippen LogP contribution in [-0.4, -0.2) is 46.1 Å². The van der Waals surface area contributed by atoms with Crippen molar-refractivity contribution in [2.45, 2.75) is 12.5 Å². The van der Waals surface area contributed by atoms with Gasteiger partial charge in [0.15, 0.2) is 0 Å². The van der Waals surface area contributed by atoms with E-state index in [-0.39, 0.29) is 0 Å². The first-order valence-corrected chi connectivity index (χ1v) is 7.88. The van der Waals surface area contributed by atoms with Gasteiger partial charge in [-0.05, 0) is 24.6 Å². The van der Waals surface area contributed by atoms with Crippen molar-refractivity contribution < 1.29 is 0 Å². The molecule has 0 aromatic carbocycles. The molecule has 0 radical (unpaired) electrons. The fourth-order valence-corrected chi connectivity index (χ4v) is 3.24. The number of hydrogen-bond acceptors (Lipinski definition) is 6. The molecule has 1 saturated heterocycles. The smallest absolute Gasteiger partial charge is 0.142 e. The normalized spacial score (nSPS) is 17.2. The first kappa shape index (κ1) is 14.5. The highest BCUT2D eigenvalue weighted by Gasteiger charge is 2.27. The first-order chi connectivity index (χ1) is 11.8. The second-order valence-electron chi connectivity index (χ2n) is 5.95. The van der Waals surface area contributed by atoms with E-state index in [0.29, 0.717) is 11.7 Å². The van der Waals surface area contributed by atoms with Gasteiger partial charge >= 0.3 is 0 Å². The Balaban J connectivity index is 1.53. The maximum Gasteiger partial charge on any atom is 0.142 e. The molecule has 120 valence electrons. The molecular weight excluding hydrogens is 302 g/mol. The molecule has 1 aliphatic rings. The third-order valence-electron chi connectivity index (χ3n) is 4.61. The number of hydrogen-bond donors (Lipinski definition) is 1. The highest BCUT2D eigenvalue weighted by Crippen LogP contribution is 2.27. The fraction of sp³-hybridized carbons (Fsp3) is 0.294. The van der Waals surface area contributed by atoms with E-state index in [1.54, 1.807) is 18.6 Å². The van der Waals surface area contributed by atoms with Gasteiger partial charge in [0.25, 0.3) is 0 Å². The monoisotopic (exact) mass is 319 g/mol. The summed E-state index contributed by atoms with van der Waals surface area (Å²) in [5.74, 6) is 0.950. The lowest BCUT2D eigenvalue weighted by atomic mass is 10.2. The zero-order valence-corrected chi connectivity index (χ0v) is 13.3. The van der Waals surface area contributed by atoms with Crippen LogP contribution >= 0.6 is 0 Å². The van der Waals surface area contributed by atoms with Crippen LogP contribution in [0.15, 0.2) is 36.9 Å². The van der Waals surface area contributed by atoms with Crippen LogP contribution in [0.2, 0.25) is 0 Å². The highest BCUT2D eigenvalue weighted by molar-refractivity contribution is 5.87. The van der Waals surface area contributed by atoms with E-state index >= 15 is 0 Å². The highest BCUT2D eigenvalue weighted by atomic mass is 15.3. The maximum atomic E-state index is 8.86. The van der Waals surface area contributed by atoms with E-state index < -0.39 is 0 Å². The summed E-state index contributed by atoms with van der Waals surface area (Å²) >= 11 is 0. The molecular formula is C17H17N7. The van der Waals surface area contributed by atoms with Gasteiger partial charge in [0.05, 0.1) is 17.3 Å². The number of anilines is 2. The zero-order valence-electron chi connectivity index (χ0n) is 13.3. The molecule has 0 amide bonds. The van der Waals surface area contributed by atoms with Gasteiger partial charge in [0, 0.05) is 32.4 Å². The number of pyridine rings is 1. The lowest BCUT2D eigenvalue weighted by molar-refractivity contribution is 0.686. The van der Waals surface area contributed by atoms with Crippen LogP contribution in [-0.2, 0) is 0 Å². The summed E-state index contributed by atoms with van der Waals surface area (Å²) in [5.41, 5.74) is 2.36. The first-order valence-electron chi connectivity index (χ1n) is 7.88. The number of nitrogens with one attached hydrogen (secondary N) is 1. The Hall–Kier alpha value is -3.14. The lowest BCUT2D eigenvalue weighted by Crippen LogP contribution is -2.35. The van der Waals surface area contributed by atoms with Gasteiger partial charge in [-0.2, -0.15) is 5.26 Å². The predicted octanol–water partition coefficient (Wildman–Crippen LogP) is 1.94. The van der Waals surface area contributed by atoms with Gasteiger partial charge in [0.2, 0.25) is 0 Å². The van der Waals surface area contributed by atoms with E-state index in [9.17, 15) is 0 Å². The van der Waals surface area contributed by atoms with Crippen molar-refractivity contribution in [2.75, 3.05) is 29.9 Å². The van der Waals surface area contributed by atoms with Gasteiger partial charge < -0.3 is 14.8 Å². The van der Waals surface area contributed by atoms with Gasteiger partial charge in [-0.15, -0.1) is 0 Å². The average Bonchev–Trinajstić information content (AvgIpc) is 3.30. The van der Waals surface area contributed by atoms with Gasteiger partial charge in [-0.3, -0.25) is 0 Å². The molecule has 1 aliphatic heterocycles. The number of nitriles is 1. The van der Waals surface area contributed by atoms with Crippen LogP contribution in [0.3, 0.4) is 0 Å². The Bertz CT molecular complexity index is 893. The summed E-state index contributed by atoms with van der Waals surface area (Å²) in [5, 5.41) is 9.90. The molecule has 0 aliphatic carbocycles. The second-order valence-corrected chi connectivity index (χ2v) is 5.95. The number of nitrogens with zero attached hydrogens (tertiary/aromatic N) is 6. The predicted molar refractivity (Wildman–Crippen MR) is 91.9 cm³/mol. The Morgan fingerprint density at radius 2 is 2.21 bits per heavy atom. The molecule has 0 bridgehead atoms. The molecule has 24 heavy (non-hydrogen) atoms. The molecule has 3 aromatic heterocycles. The molecule has 1 fully saturated rings. The average molecular weight is 319 g/mol. The summed E-state index contributed by atoms with van der Waals surface area (Å²) in [7, 11) is 2.08. The second kappa shape index (κ2) is 5.81. The SMILES string of the molecule is CN(c1ncnc2[nH]ccc12)C1CCN(c2ccc(C#N)nc2)C1. The molecule has 4 heterocycles. The number of fused-ring (bicyclic) bond motifs is 1. The topological polar surface area (TPSA) is 84.7 Å². The van der Waals surface area contributed by atoms with E-state index in [1.807, 2.05) is 18.3 Å². The molecule has 4 rings (SSSR count). The number of aromatic nitrogens is 4. The lowest BCUT2D eigenvalue weighted by Gasteiger charge is -2.26. The largest absolute Gasteiger partial charge is 0.368 e. The Kier molecular flexibility index (Phi) is 3.50. The van der Waals surface area contributed by atoms with Crippen molar-refractivity contribution in [3.05, 3.63) is 42.6 Å². The molecule has 0 saturated carbocycles. The number of likely N-dealkylation sites (N-methyl/N-ethyl adjacent to an activating group) is 1. The molecule has 1 unspecified atom stereocenters. The summed E-state index contributed by atoms with van der Waals surface area (Å²) < 4.78 is 0. The van der Waals surface area contributed by atoms with E-state index in [1.165, 1.54) is 0 Å². The van der Waals surface area contributed by atoms with Crippen LogP contribution in [0.25, 0.3) is 11.0 Å². The quantitative estimate of drug-likeness (QED) is 0.794. The number of rotatable bonds is 3. The molecule has 1 atom stereocenters. The van der Waals surface area contributed by atoms with E-state index in [0.717, 1.165) is 42.0 Å². The summed E-state index contributed by atoms with van der Waals surface area (Å²) in [4.78, 5) is 20.5. The van der Waals surface area contributed by atoms with E-state index in [4.69, 9.17) is 5.26 Å². The summed E-state index contributed by atoms with van der Waals surface area (Å²) in [6.45, 7) is 1.87. The third kappa shape index (κ3) is 2.42. The van der Waals surface area contributed by atoms with Crippen molar-refractivity contribution in [1.29, 1.82) is 5.26 Å². The maximum absolute atomic E-state index is 8.86. The standard InChI is InChI=1S/C17H17N7/c1-23(17-15-4-6-19-16(15)21-11-22-17)14-5-7-24(10-14)13-3-2-12(8-18)20-9-13/h2-4,6,9,11,14H,5,7,10H2,1H3,(H,19,21,22). The van der Waals surface area contributed by atoms with Gasteiger partial charge in [-0.25, -0.2) is 15.0 Å². The van der Waals surface area contributed by atoms with Crippen molar-refractivity contribution in [3.8, 4) is 6.07 Å². The molecule has 3 aromatic rings. The molecule has 1 N–H and O–H groups in total. The van der Waals surface area contributed by atoms with Crippen molar-refractivity contribution in [1.82, 2.24) is 19.9 Å². The van der Waals surface area contributed by atoms with Crippen LogP contribution in [0.1, 0.15) is 12.1 Å². The Morgan fingerprint density at radius 1 is 1.29 bits per heavy atom. The number of aromatic amines is 1. The zero-order chi connectivity index (χ0) is 16.5. The van der Waals surface area contributed by atoms with Gasteiger partial charge in [0.1, 0.15) is 29.6 Å². The minimum Gasteiger partial charge on any atom is -0.368 e. The molecule has 7 nitrogen and oxygen atoms in total. The summed E-state index contributed by atoms with van der Waals surface area (Å²) in [6, 6.07) is 8.16. The minimum absolute atomic E-state index is 0.369. The molecule has 7 heteroatoms. The van der Waals surface area contributed by atoms with Crippen LogP contribution in [0.4, 0.5) is 11.5 Å². The van der Waals surface area contributed by atoms with Crippen molar-refractivity contribution in [3.63, 3.8) is 0 Å². The van der Waals surface area contributed by atoms with Gasteiger partial charge in [-0.1, -0.05) is 0 Å². The van der Waals surface area contributed by atoms with Crippen LogP contribution in [0, 0.1) is 11.3 Å². The summed E-state index contributed by atoms with van der Waals surface area (Å²) in [6.07, 6.45) is 6.31. The van der Waals surface area contributed by atoms with Crippen LogP contribution < -0.4 is 9.80 Å². The molecule has 0 spiro atoms. The van der Waals surface area contributed by atoms with E-state index in [2.05, 4.69) is 42.9 Å². The minimum atomic E-state index is 0.369. The Labute approximate surface area is 139 Å².